The Morgan fingerprint density at radius 2 is 1.76 bits per heavy atom. The summed E-state index contributed by atoms with van der Waals surface area (Å²) in [5, 5.41) is 14.2. The summed E-state index contributed by atoms with van der Waals surface area (Å²) in [6.07, 6.45) is 1.94. The van der Waals surface area contributed by atoms with Crippen molar-refractivity contribution in [1.29, 1.82) is 0 Å². The minimum Gasteiger partial charge on any atom is -0.507 e. The lowest BCUT2D eigenvalue weighted by atomic mass is 9.97. The van der Waals surface area contributed by atoms with E-state index in [0.717, 1.165) is 32.8 Å². The number of nitrogens with one attached hydrogen (secondary N) is 1. The monoisotopic (exact) mass is 293 g/mol. The molecular weight excluding hydrogens is 282 g/mol. The summed E-state index contributed by atoms with van der Waals surface area (Å²) in [4.78, 5) is 3.25. The lowest BCUT2D eigenvalue weighted by Crippen LogP contribution is -1.82. The Morgan fingerprint density at radius 3 is 2.67 bits per heavy atom. The molecule has 0 atom stereocenters. The second-order valence-corrected chi connectivity index (χ2v) is 5.51. The second-order valence-electron chi connectivity index (χ2n) is 5.07. The van der Waals surface area contributed by atoms with Crippen LogP contribution in [0.5, 0.6) is 5.75 Å². The van der Waals surface area contributed by atoms with E-state index in [2.05, 4.69) is 11.1 Å². The third-order valence-electron chi connectivity index (χ3n) is 3.82. The van der Waals surface area contributed by atoms with Crippen molar-refractivity contribution >= 4 is 33.3 Å². The van der Waals surface area contributed by atoms with Gasteiger partial charge in [0.15, 0.2) is 0 Å². The van der Waals surface area contributed by atoms with Gasteiger partial charge in [-0.25, -0.2) is 0 Å². The highest BCUT2D eigenvalue weighted by Crippen LogP contribution is 2.40. The van der Waals surface area contributed by atoms with Gasteiger partial charge < -0.3 is 10.1 Å². The number of H-pyrrole nitrogens is 1. The molecule has 4 rings (SSSR count). The maximum Gasteiger partial charge on any atom is 0.124 e. The lowest BCUT2D eigenvalue weighted by Gasteiger charge is -2.09. The van der Waals surface area contributed by atoms with E-state index in [0.29, 0.717) is 5.02 Å². The number of rotatable bonds is 1. The maximum atomic E-state index is 10.4. The van der Waals surface area contributed by atoms with Gasteiger partial charge in [-0.1, -0.05) is 41.9 Å². The van der Waals surface area contributed by atoms with Crippen LogP contribution in [0, 0.1) is 0 Å². The number of halogens is 1. The SMILES string of the molecule is Oc1ccc2cc(Cl)ccc2c1-c1c[nH]c2ccccc12. The van der Waals surface area contributed by atoms with Gasteiger partial charge in [-0.15, -0.1) is 0 Å². The van der Waals surface area contributed by atoms with Crippen LogP contribution < -0.4 is 0 Å². The molecule has 0 radical (unpaired) electrons. The topological polar surface area (TPSA) is 36.0 Å². The van der Waals surface area contributed by atoms with Gasteiger partial charge in [-0.2, -0.15) is 0 Å². The van der Waals surface area contributed by atoms with E-state index in [4.69, 9.17) is 11.6 Å². The fraction of sp³-hybridized carbons (Fsp3) is 0. The first kappa shape index (κ1) is 12.3. The number of hydrogen-bond donors (Lipinski definition) is 2. The number of para-hydroxylation sites is 1. The van der Waals surface area contributed by atoms with Gasteiger partial charge in [0.2, 0.25) is 0 Å². The van der Waals surface area contributed by atoms with E-state index in [1.165, 1.54) is 0 Å². The number of benzene rings is 3. The molecule has 0 aliphatic rings. The van der Waals surface area contributed by atoms with Crippen molar-refractivity contribution in [1.82, 2.24) is 4.98 Å². The number of aromatic amines is 1. The van der Waals surface area contributed by atoms with E-state index in [9.17, 15) is 5.11 Å². The first-order chi connectivity index (χ1) is 10.2. The van der Waals surface area contributed by atoms with Crippen LogP contribution >= 0.6 is 11.6 Å². The molecule has 3 heteroatoms. The Hall–Kier alpha value is -2.45. The van der Waals surface area contributed by atoms with Crippen LogP contribution in [-0.2, 0) is 0 Å². The van der Waals surface area contributed by atoms with Gasteiger partial charge in [0.25, 0.3) is 0 Å². The Morgan fingerprint density at radius 1 is 0.905 bits per heavy atom. The Balaban J connectivity index is 2.12. The van der Waals surface area contributed by atoms with Gasteiger partial charge in [0.1, 0.15) is 5.75 Å². The first-order valence-corrected chi connectivity index (χ1v) is 7.09. The largest absolute Gasteiger partial charge is 0.507 e. The molecule has 0 saturated carbocycles. The number of fused-ring (bicyclic) bond motifs is 2. The Labute approximate surface area is 126 Å². The standard InChI is InChI=1S/C18H12ClNO/c19-12-6-7-13-11(9-12)5-8-17(21)18(13)15-10-20-16-4-2-1-3-14(15)16/h1-10,20-21H. The van der Waals surface area contributed by atoms with Crippen LogP contribution in [0.3, 0.4) is 0 Å². The van der Waals surface area contributed by atoms with Gasteiger partial charge in [0, 0.05) is 33.2 Å². The van der Waals surface area contributed by atoms with Crippen molar-refractivity contribution in [3.63, 3.8) is 0 Å². The first-order valence-electron chi connectivity index (χ1n) is 6.72. The average Bonchev–Trinajstić information content (AvgIpc) is 2.91. The van der Waals surface area contributed by atoms with Gasteiger partial charge in [-0.3, -0.25) is 0 Å². The van der Waals surface area contributed by atoms with Gasteiger partial charge in [0.05, 0.1) is 0 Å². The molecule has 1 aromatic heterocycles. The van der Waals surface area contributed by atoms with Crippen molar-refractivity contribution in [2.24, 2.45) is 0 Å². The highest BCUT2D eigenvalue weighted by Gasteiger charge is 2.13. The van der Waals surface area contributed by atoms with Gasteiger partial charge >= 0.3 is 0 Å². The van der Waals surface area contributed by atoms with Crippen LogP contribution in [0.25, 0.3) is 32.8 Å². The molecule has 0 saturated heterocycles. The summed E-state index contributed by atoms with van der Waals surface area (Å²) in [5.41, 5.74) is 2.88. The van der Waals surface area contributed by atoms with E-state index >= 15 is 0 Å². The van der Waals surface area contributed by atoms with Crippen LogP contribution in [0.4, 0.5) is 0 Å². The Kier molecular flexibility index (Phi) is 2.66. The Bertz CT molecular complexity index is 971. The molecular formula is C18H12ClNO. The number of phenolic OH excluding ortho intramolecular Hbond substituents is 1. The molecule has 21 heavy (non-hydrogen) atoms. The van der Waals surface area contributed by atoms with Crippen molar-refractivity contribution in [2.45, 2.75) is 0 Å². The highest BCUT2D eigenvalue weighted by atomic mass is 35.5. The maximum absolute atomic E-state index is 10.4. The molecule has 102 valence electrons. The number of aromatic nitrogens is 1. The molecule has 0 aliphatic heterocycles. The summed E-state index contributed by atoms with van der Waals surface area (Å²) < 4.78 is 0. The number of hydrogen-bond acceptors (Lipinski definition) is 1. The molecule has 2 N–H and O–H groups in total. The molecule has 0 fully saturated rings. The van der Waals surface area contributed by atoms with Crippen molar-refractivity contribution in [3.8, 4) is 16.9 Å². The zero-order valence-electron chi connectivity index (χ0n) is 11.1. The molecule has 0 amide bonds. The number of phenols is 1. The molecule has 0 aliphatic carbocycles. The lowest BCUT2D eigenvalue weighted by molar-refractivity contribution is 0.478. The zero-order chi connectivity index (χ0) is 14.4. The summed E-state index contributed by atoms with van der Waals surface area (Å²) >= 11 is 6.06. The van der Waals surface area contributed by atoms with E-state index < -0.39 is 0 Å². The summed E-state index contributed by atoms with van der Waals surface area (Å²) in [7, 11) is 0. The summed E-state index contributed by atoms with van der Waals surface area (Å²) in [6.45, 7) is 0. The average molecular weight is 294 g/mol. The van der Waals surface area contributed by atoms with E-state index in [1.807, 2.05) is 48.7 Å². The summed E-state index contributed by atoms with van der Waals surface area (Å²) in [5.74, 6) is 0.273. The normalized spacial score (nSPS) is 11.3. The van der Waals surface area contributed by atoms with Crippen molar-refractivity contribution < 1.29 is 5.11 Å². The minimum absolute atomic E-state index is 0.273. The second kappa shape index (κ2) is 4.54. The third kappa shape index (κ3) is 1.88. The molecule has 0 spiro atoms. The smallest absolute Gasteiger partial charge is 0.124 e. The molecule has 1 heterocycles. The van der Waals surface area contributed by atoms with Crippen LogP contribution in [0.2, 0.25) is 5.02 Å². The fourth-order valence-electron chi connectivity index (χ4n) is 2.85. The molecule has 4 aromatic rings. The molecule has 0 unspecified atom stereocenters. The van der Waals surface area contributed by atoms with Crippen LogP contribution in [-0.4, -0.2) is 10.1 Å². The molecule has 0 bridgehead atoms. The molecule has 2 nitrogen and oxygen atoms in total. The van der Waals surface area contributed by atoms with Gasteiger partial charge in [-0.05, 0) is 35.0 Å². The third-order valence-corrected chi connectivity index (χ3v) is 4.05. The van der Waals surface area contributed by atoms with Crippen molar-refractivity contribution in [2.75, 3.05) is 0 Å². The number of aromatic hydroxyl groups is 1. The predicted molar refractivity (Wildman–Crippen MR) is 87.9 cm³/mol. The highest BCUT2D eigenvalue weighted by molar-refractivity contribution is 6.31. The van der Waals surface area contributed by atoms with E-state index in [1.54, 1.807) is 6.07 Å². The molecule has 3 aromatic carbocycles. The predicted octanol–water partition coefficient (Wildman–Crippen LogP) is 5.35. The van der Waals surface area contributed by atoms with Crippen molar-refractivity contribution in [3.05, 3.63) is 65.8 Å². The summed E-state index contributed by atoms with van der Waals surface area (Å²) in [6, 6.07) is 17.4. The fourth-order valence-corrected chi connectivity index (χ4v) is 3.03. The van der Waals surface area contributed by atoms with E-state index in [-0.39, 0.29) is 5.75 Å². The quantitative estimate of drug-likeness (QED) is 0.488. The van der Waals surface area contributed by atoms with Crippen LogP contribution in [0.1, 0.15) is 0 Å². The minimum atomic E-state index is 0.273. The zero-order valence-corrected chi connectivity index (χ0v) is 11.9. The van der Waals surface area contributed by atoms with Crippen LogP contribution in [0.15, 0.2) is 60.8 Å².